The molecule has 1 aliphatic rings. The monoisotopic (exact) mass is 319 g/mol. The van der Waals surface area contributed by atoms with E-state index >= 15 is 0 Å². The minimum atomic E-state index is 0.381. The van der Waals surface area contributed by atoms with Crippen molar-refractivity contribution in [2.24, 2.45) is 10.1 Å². The van der Waals surface area contributed by atoms with E-state index in [2.05, 4.69) is 15.1 Å². The molecule has 2 heterocycles. The summed E-state index contributed by atoms with van der Waals surface area (Å²) in [6.07, 6.45) is 4.51. The van der Waals surface area contributed by atoms with Crippen LogP contribution >= 0.6 is 23.2 Å². The van der Waals surface area contributed by atoms with E-state index in [0.29, 0.717) is 34.4 Å². The van der Waals surface area contributed by atoms with Crippen molar-refractivity contribution in [3.05, 3.63) is 57.2 Å². The van der Waals surface area contributed by atoms with E-state index in [9.17, 15) is 5.21 Å². The Morgan fingerprint density at radius 3 is 2.95 bits per heavy atom. The zero-order chi connectivity index (χ0) is 14.8. The lowest BCUT2D eigenvalue weighted by Gasteiger charge is -2.10. The van der Waals surface area contributed by atoms with Gasteiger partial charge in [-0.1, -0.05) is 28.4 Å². The van der Waals surface area contributed by atoms with E-state index in [1.165, 1.54) is 0 Å². The van der Waals surface area contributed by atoms with E-state index in [-0.39, 0.29) is 0 Å². The van der Waals surface area contributed by atoms with Gasteiger partial charge in [-0.25, -0.2) is 9.98 Å². The highest BCUT2D eigenvalue weighted by Gasteiger charge is 2.18. The molecular weight excluding hydrogens is 309 g/mol. The van der Waals surface area contributed by atoms with Crippen LogP contribution in [0.1, 0.15) is 16.7 Å². The summed E-state index contributed by atoms with van der Waals surface area (Å²) < 4.78 is 0. The van der Waals surface area contributed by atoms with Crippen LogP contribution in [0.3, 0.4) is 0 Å². The van der Waals surface area contributed by atoms with Crippen molar-refractivity contribution in [1.29, 1.82) is 0 Å². The molecule has 1 aliphatic heterocycles. The van der Waals surface area contributed by atoms with Gasteiger partial charge in [0.15, 0.2) is 5.82 Å². The first-order valence-electron chi connectivity index (χ1n) is 6.34. The maximum Gasteiger partial charge on any atom is 0.155 e. The molecule has 0 aliphatic carbocycles. The molecule has 1 aromatic carbocycles. The molecule has 0 atom stereocenters. The summed E-state index contributed by atoms with van der Waals surface area (Å²) in [5, 5.41) is 14.0. The van der Waals surface area contributed by atoms with E-state index in [1.807, 2.05) is 6.07 Å². The van der Waals surface area contributed by atoms with Crippen LogP contribution in [0.2, 0.25) is 10.0 Å². The number of hydrogen-bond donors (Lipinski definition) is 1. The second-order valence-electron chi connectivity index (χ2n) is 4.64. The van der Waals surface area contributed by atoms with Crippen LogP contribution < -0.4 is 0 Å². The van der Waals surface area contributed by atoms with Crippen LogP contribution in [0.25, 0.3) is 0 Å². The van der Waals surface area contributed by atoms with Crippen LogP contribution in [-0.4, -0.2) is 22.1 Å². The Balaban J connectivity index is 1.98. The third-order valence-corrected chi connectivity index (χ3v) is 3.94. The van der Waals surface area contributed by atoms with Crippen LogP contribution in [-0.2, 0) is 12.8 Å². The van der Waals surface area contributed by atoms with Gasteiger partial charge in [0.05, 0.1) is 5.71 Å². The quantitative estimate of drug-likeness (QED) is 0.526. The fourth-order valence-corrected chi connectivity index (χ4v) is 2.71. The number of hydrogen-bond acceptors (Lipinski definition) is 4. The zero-order valence-electron chi connectivity index (χ0n) is 10.9. The van der Waals surface area contributed by atoms with Gasteiger partial charge in [-0.05, 0) is 29.8 Å². The Morgan fingerprint density at radius 2 is 2.14 bits per heavy atom. The first-order chi connectivity index (χ1) is 10.2. The number of oxime groups is 1. The number of rotatable bonds is 3. The Labute approximate surface area is 131 Å². The van der Waals surface area contributed by atoms with Crippen LogP contribution in [0.5, 0.6) is 0 Å². The van der Waals surface area contributed by atoms with Crippen molar-refractivity contribution in [1.82, 2.24) is 4.98 Å². The van der Waals surface area contributed by atoms with E-state index in [0.717, 1.165) is 16.7 Å². The zero-order valence-corrected chi connectivity index (χ0v) is 12.4. The van der Waals surface area contributed by atoms with Gasteiger partial charge in [0.1, 0.15) is 0 Å². The molecule has 0 amide bonds. The van der Waals surface area contributed by atoms with E-state index in [4.69, 9.17) is 23.2 Å². The molecule has 21 heavy (non-hydrogen) atoms. The average molecular weight is 320 g/mol. The molecule has 3 rings (SSSR count). The molecule has 0 saturated carbocycles. The topological polar surface area (TPSA) is 57.8 Å². The molecule has 2 aromatic rings. The average Bonchev–Trinajstić information content (AvgIpc) is 2.96. The van der Waals surface area contributed by atoms with Crippen LogP contribution in [0.15, 0.2) is 40.6 Å². The second-order valence-corrected chi connectivity index (χ2v) is 5.48. The van der Waals surface area contributed by atoms with Gasteiger partial charge in [0.25, 0.3) is 0 Å². The van der Waals surface area contributed by atoms with Gasteiger partial charge < -0.3 is 5.21 Å². The Morgan fingerprint density at radius 1 is 1.29 bits per heavy atom. The molecule has 0 fully saturated rings. The highest BCUT2D eigenvalue weighted by Crippen LogP contribution is 2.27. The Kier molecular flexibility index (Phi) is 3.90. The summed E-state index contributed by atoms with van der Waals surface area (Å²) in [5.41, 5.74) is 3.12. The van der Waals surface area contributed by atoms with Gasteiger partial charge in [-0.3, -0.25) is 0 Å². The van der Waals surface area contributed by atoms with Crippen molar-refractivity contribution in [2.45, 2.75) is 12.8 Å². The van der Waals surface area contributed by atoms with E-state index < -0.39 is 0 Å². The fraction of sp³-hybridized carbons (Fsp3) is 0.133. The summed E-state index contributed by atoms with van der Waals surface area (Å²) in [7, 11) is 0. The van der Waals surface area contributed by atoms with Crippen LogP contribution in [0, 0.1) is 0 Å². The molecule has 106 valence electrons. The molecule has 4 nitrogen and oxygen atoms in total. The van der Waals surface area contributed by atoms with Crippen molar-refractivity contribution in [3.63, 3.8) is 0 Å². The summed E-state index contributed by atoms with van der Waals surface area (Å²) in [6.45, 7) is 0. The normalized spacial score (nSPS) is 13.5. The number of aliphatic imine (C=N–C) groups is 1. The second kappa shape index (κ2) is 5.84. The van der Waals surface area contributed by atoms with Crippen molar-refractivity contribution in [3.8, 4) is 0 Å². The highest BCUT2D eigenvalue weighted by atomic mass is 35.5. The number of pyridine rings is 1. The van der Waals surface area contributed by atoms with Gasteiger partial charge in [0.2, 0.25) is 0 Å². The lowest BCUT2D eigenvalue weighted by molar-refractivity contribution is 0.318. The van der Waals surface area contributed by atoms with Gasteiger partial charge in [0, 0.05) is 46.4 Å². The molecule has 0 spiro atoms. The first-order valence-corrected chi connectivity index (χ1v) is 7.10. The standard InChI is InChI=1S/C15H11Cl2N3O/c16-10-1-2-13(17)9(7-10)8-14(20-21)11-3-5-18-15-12(11)4-6-19-15/h1-3,5-7,21H,4,8H2/b20-14+. The maximum absolute atomic E-state index is 9.38. The first kappa shape index (κ1) is 14.0. The maximum atomic E-state index is 9.38. The molecule has 6 heteroatoms. The molecular formula is C15H11Cl2N3O. The third kappa shape index (κ3) is 2.77. The Hall–Kier alpha value is -1.91. The minimum Gasteiger partial charge on any atom is -0.411 e. The summed E-state index contributed by atoms with van der Waals surface area (Å²) in [4.78, 5) is 8.39. The third-order valence-electron chi connectivity index (χ3n) is 3.34. The van der Waals surface area contributed by atoms with Crippen molar-refractivity contribution in [2.75, 3.05) is 0 Å². The minimum absolute atomic E-state index is 0.381. The SMILES string of the molecule is O/N=C(\Cc1cc(Cl)ccc1Cl)c1ccnc2c1CC=N2. The van der Waals surface area contributed by atoms with Crippen molar-refractivity contribution < 1.29 is 5.21 Å². The number of fused-ring (bicyclic) bond motifs is 1. The van der Waals surface area contributed by atoms with Crippen LogP contribution in [0.4, 0.5) is 5.82 Å². The molecule has 0 bridgehead atoms. The molecule has 1 aromatic heterocycles. The molecule has 1 N–H and O–H groups in total. The van der Waals surface area contributed by atoms with Crippen molar-refractivity contribution >= 4 is 40.9 Å². The molecule has 0 radical (unpaired) electrons. The lowest BCUT2D eigenvalue weighted by atomic mass is 9.98. The summed E-state index contributed by atoms with van der Waals surface area (Å²) in [6, 6.07) is 7.05. The summed E-state index contributed by atoms with van der Waals surface area (Å²) in [5.74, 6) is 0.672. The van der Waals surface area contributed by atoms with E-state index in [1.54, 1.807) is 30.6 Å². The number of nitrogens with zero attached hydrogens (tertiary/aromatic N) is 3. The number of benzene rings is 1. The predicted octanol–water partition coefficient (Wildman–Crippen LogP) is 4.07. The smallest absolute Gasteiger partial charge is 0.155 e. The lowest BCUT2D eigenvalue weighted by Crippen LogP contribution is -2.09. The fourth-order valence-electron chi connectivity index (χ4n) is 2.33. The highest BCUT2D eigenvalue weighted by molar-refractivity contribution is 6.33. The summed E-state index contributed by atoms with van der Waals surface area (Å²) >= 11 is 12.2. The number of aromatic nitrogens is 1. The Bertz CT molecular complexity index is 757. The molecule has 0 unspecified atom stereocenters. The van der Waals surface area contributed by atoms with Gasteiger partial charge >= 0.3 is 0 Å². The van der Waals surface area contributed by atoms with Gasteiger partial charge in [-0.15, -0.1) is 0 Å². The van der Waals surface area contributed by atoms with Gasteiger partial charge in [-0.2, -0.15) is 0 Å². The predicted molar refractivity (Wildman–Crippen MR) is 84.6 cm³/mol. The number of halogens is 2. The largest absolute Gasteiger partial charge is 0.411 e. The molecule has 0 saturated heterocycles.